The van der Waals surface area contributed by atoms with Gasteiger partial charge in [-0.15, -0.1) is 0 Å². The Balaban J connectivity index is 0.000000845. The molecule has 218 valence electrons. The summed E-state index contributed by atoms with van der Waals surface area (Å²) in [6.07, 6.45) is 17.2. The van der Waals surface area contributed by atoms with Gasteiger partial charge in [0.1, 0.15) is 6.54 Å². The lowest BCUT2D eigenvalue weighted by Gasteiger charge is -2.30. The molecule has 0 fully saturated rings. The Labute approximate surface area is 228 Å². The van der Waals surface area contributed by atoms with Crippen LogP contribution in [0.3, 0.4) is 0 Å². The normalized spacial score (nSPS) is 12.0. The highest BCUT2D eigenvalue weighted by atomic mass is 32.2. The van der Waals surface area contributed by atoms with Crippen molar-refractivity contribution in [2.75, 3.05) is 59.2 Å². The second-order valence-electron chi connectivity index (χ2n) is 10.7. The Kier molecular flexibility index (Phi) is 22.3. The van der Waals surface area contributed by atoms with Gasteiger partial charge in [0.15, 0.2) is 0 Å². The maximum atomic E-state index is 10.2. The molecule has 0 radical (unpaired) electrons. The number of aliphatic hydroxyl groups excluding tert-OH is 2. The number of nitrogens with zero attached hydrogens (tertiary/aromatic N) is 2. The van der Waals surface area contributed by atoms with Gasteiger partial charge in [-0.1, -0.05) is 101 Å². The molecule has 0 amide bonds. The fraction of sp³-hybridized carbons (Fsp3) is 0.793. The van der Waals surface area contributed by atoms with E-state index in [0.29, 0.717) is 0 Å². The average molecular weight is 545 g/mol. The molecule has 0 heterocycles. The van der Waals surface area contributed by atoms with Crippen LogP contribution in [-0.2, 0) is 16.7 Å². The van der Waals surface area contributed by atoms with E-state index in [1.54, 1.807) is 0 Å². The molecule has 0 bridgehead atoms. The zero-order chi connectivity index (χ0) is 27.8. The molecule has 37 heavy (non-hydrogen) atoms. The third kappa shape index (κ3) is 25.0. The molecular formula is C29H56N2O5S. The van der Waals surface area contributed by atoms with Gasteiger partial charge in [-0.2, -0.15) is 0 Å². The molecule has 1 aromatic rings. The zero-order valence-electron chi connectivity index (χ0n) is 24.0. The minimum absolute atomic E-state index is 0.0486. The molecule has 7 nitrogen and oxygen atoms in total. The summed E-state index contributed by atoms with van der Waals surface area (Å²) in [6, 6.07) is 10.9. The van der Waals surface area contributed by atoms with Crippen molar-refractivity contribution in [2.24, 2.45) is 0 Å². The predicted molar refractivity (Wildman–Crippen MR) is 153 cm³/mol. The second-order valence-corrected chi connectivity index (χ2v) is 12.3. The molecule has 0 saturated heterocycles. The molecule has 1 aromatic carbocycles. The summed E-state index contributed by atoms with van der Waals surface area (Å²) >= 11 is 0. The van der Waals surface area contributed by atoms with E-state index in [2.05, 4.69) is 51.4 Å². The van der Waals surface area contributed by atoms with Crippen LogP contribution in [0.5, 0.6) is 0 Å². The number of hydrogen-bond acceptors (Lipinski definition) is 6. The highest BCUT2D eigenvalue weighted by molar-refractivity contribution is 7.85. The van der Waals surface area contributed by atoms with Crippen molar-refractivity contribution in [3.05, 3.63) is 35.9 Å². The number of unbranched alkanes of at least 4 members (excludes halogenated alkanes) is 11. The van der Waals surface area contributed by atoms with E-state index in [4.69, 9.17) is 10.2 Å². The van der Waals surface area contributed by atoms with Crippen molar-refractivity contribution in [3.8, 4) is 0 Å². The van der Waals surface area contributed by atoms with Crippen molar-refractivity contribution in [1.82, 2.24) is 4.90 Å². The first-order chi connectivity index (χ1) is 17.6. The summed E-state index contributed by atoms with van der Waals surface area (Å²) in [4.78, 5) is 1.51. The van der Waals surface area contributed by atoms with E-state index in [9.17, 15) is 13.0 Å². The maximum Gasteiger partial charge on any atom is 0.104 e. The Hall–Kier alpha value is -1.03. The number of benzene rings is 1. The minimum atomic E-state index is -4.21. The lowest BCUT2D eigenvalue weighted by atomic mass is 10.1. The van der Waals surface area contributed by atoms with Gasteiger partial charge in [-0.05, 0) is 12.8 Å². The SMILES string of the molecule is CCCCCCCCCCCCCC[N+](C)(C)Cc1ccccc1.O=S(=O)([O-])CCN(CCO)CCO. The molecule has 0 aliphatic rings. The van der Waals surface area contributed by atoms with Gasteiger partial charge < -0.3 is 19.2 Å². The summed E-state index contributed by atoms with van der Waals surface area (Å²) in [5.74, 6) is -0.493. The summed E-state index contributed by atoms with van der Waals surface area (Å²) in [6.45, 7) is 5.06. The van der Waals surface area contributed by atoms with Crippen LogP contribution in [0.2, 0.25) is 0 Å². The van der Waals surface area contributed by atoms with Gasteiger partial charge in [-0.3, -0.25) is 4.90 Å². The average Bonchev–Trinajstić information content (AvgIpc) is 2.84. The number of hydrogen-bond donors (Lipinski definition) is 2. The van der Waals surface area contributed by atoms with Crippen LogP contribution in [0, 0.1) is 0 Å². The zero-order valence-corrected chi connectivity index (χ0v) is 24.8. The number of quaternary nitrogens is 1. The van der Waals surface area contributed by atoms with Crippen LogP contribution >= 0.6 is 0 Å². The quantitative estimate of drug-likeness (QED) is 0.124. The van der Waals surface area contributed by atoms with E-state index in [1.807, 2.05) is 0 Å². The molecule has 0 aliphatic carbocycles. The predicted octanol–water partition coefficient (Wildman–Crippen LogP) is 4.78. The molecule has 0 atom stereocenters. The van der Waals surface area contributed by atoms with Crippen LogP contribution in [0.4, 0.5) is 0 Å². The van der Waals surface area contributed by atoms with Gasteiger partial charge in [-0.25, -0.2) is 8.42 Å². The number of aliphatic hydroxyl groups is 2. The third-order valence-corrected chi connectivity index (χ3v) is 7.24. The molecule has 2 N–H and O–H groups in total. The third-order valence-electron chi connectivity index (χ3n) is 6.56. The van der Waals surface area contributed by atoms with Crippen LogP contribution in [0.25, 0.3) is 0 Å². The maximum absolute atomic E-state index is 10.2. The van der Waals surface area contributed by atoms with Crippen LogP contribution < -0.4 is 0 Å². The van der Waals surface area contributed by atoms with Crippen molar-refractivity contribution < 1.29 is 27.7 Å². The van der Waals surface area contributed by atoms with Gasteiger partial charge in [0.25, 0.3) is 0 Å². The van der Waals surface area contributed by atoms with E-state index >= 15 is 0 Å². The molecular weight excluding hydrogens is 488 g/mol. The van der Waals surface area contributed by atoms with E-state index in [-0.39, 0.29) is 32.8 Å². The van der Waals surface area contributed by atoms with Crippen molar-refractivity contribution in [2.45, 2.75) is 90.5 Å². The van der Waals surface area contributed by atoms with E-state index in [0.717, 1.165) is 11.0 Å². The van der Waals surface area contributed by atoms with E-state index < -0.39 is 15.9 Å². The van der Waals surface area contributed by atoms with Gasteiger partial charge in [0.05, 0.1) is 49.7 Å². The summed E-state index contributed by atoms with van der Waals surface area (Å²) in [5, 5.41) is 17.1. The van der Waals surface area contributed by atoms with Crippen LogP contribution in [0.1, 0.15) is 89.5 Å². The van der Waals surface area contributed by atoms with Crippen LogP contribution in [0.15, 0.2) is 30.3 Å². The first-order valence-electron chi connectivity index (χ1n) is 14.4. The lowest BCUT2D eigenvalue weighted by molar-refractivity contribution is -0.903. The Morgan fingerprint density at radius 2 is 1.22 bits per heavy atom. The van der Waals surface area contributed by atoms with Gasteiger partial charge in [0.2, 0.25) is 0 Å². The second kappa shape index (κ2) is 22.9. The Bertz CT molecular complexity index is 723. The molecule has 8 heteroatoms. The Morgan fingerprint density at radius 3 is 1.65 bits per heavy atom. The van der Waals surface area contributed by atoms with Gasteiger partial charge >= 0.3 is 0 Å². The highest BCUT2D eigenvalue weighted by Crippen LogP contribution is 2.14. The fourth-order valence-electron chi connectivity index (χ4n) is 4.40. The molecule has 1 rings (SSSR count). The Morgan fingerprint density at radius 1 is 0.757 bits per heavy atom. The lowest BCUT2D eigenvalue weighted by Crippen LogP contribution is -2.39. The van der Waals surface area contributed by atoms with Gasteiger partial charge in [0, 0.05) is 25.2 Å². The van der Waals surface area contributed by atoms with Crippen molar-refractivity contribution in [3.63, 3.8) is 0 Å². The van der Waals surface area contributed by atoms with Crippen molar-refractivity contribution >= 4 is 10.1 Å². The molecule has 0 saturated carbocycles. The highest BCUT2D eigenvalue weighted by Gasteiger charge is 2.14. The smallest absolute Gasteiger partial charge is 0.104 e. The van der Waals surface area contributed by atoms with E-state index in [1.165, 1.54) is 94.1 Å². The monoisotopic (exact) mass is 544 g/mol. The topological polar surface area (TPSA) is 101 Å². The molecule has 0 aliphatic heterocycles. The standard InChI is InChI=1S/C23H42N.C6H15NO5S/c1-4-5-6-7-8-9-10-11-12-13-14-18-21-24(2,3)22-23-19-16-15-17-20-23;8-4-1-7(2-5-9)3-6-13(10,11)12/h15-17,19-20H,4-14,18,21-22H2,1-3H3;8-9H,1-6H2,(H,10,11,12)/q+1;/p-1. The molecule has 0 aromatic heterocycles. The summed E-state index contributed by atoms with van der Waals surface area (Å²) < 4.78 is 31.8. The van der Waals surface area contributed by atoms with Crippen molar-refractivity contribution in [1.29, 1.82) is 0 Å². The first kappa shape index (κ1) is 36.0. The summed E-state index contributed by atoms with van der Waals surface area (Å²) in [7, 11) is 0.522. The minimum Gasteiger partial charge on any atom is -0.748 e. The van der Waals surface area contributed by atoms with Crippen LogP contribution in [-0.4, -0.2) is 91.8 Å². The number of rotatable bonds is 22. The largest absolute Gasteiger partial charge is 0.748 e. The molecule has 0 unspecified atom stereocenters. The molecule has 0 spiro atoms. The fourth-order valence-corrected chi connectivity index (χ4v) is 4.88. The summed E-state index contributed by atoms with van der Waals surface area (Å²) in [5.41, 5.74) is 1.46. The first-order valence-corrected chi connectivity index (χ1v) is 15.9.